The Balaban J connectivity index is 1.54. The third-order valence-corrected chi connectivity index (χ3v) is 6.89. The fourth-order valence-electron chi connectivity index (χ4n) is 4.53. The Labute approximate surface area is 168 Å². The van der Waals surface area contributed by atoms with Crippen molar-refractivity contribution in [1.82, 2.24) is 15.1 Å². The molecule has 0 aromatic carbocycles. The number of urea groups is 1. The quantitative estimate of drug-likeness (QED) is 0.761. The molecule has 1 aromatic heterocycles. The molecule has 0 bridgehead atoms. The lowest BCUT2D eigenvalue weighted by Gasteiger charge is -2.31. The molecular formula is C19H26N5O3S+. The smallest absolute Gasteiger partial charge is 0.297 e. The first-order valence-electron chi connectivity index (χ1n) is 10.2. The van der Waals surface area contributed by atoms with Crippen LogP contribution < -0.4 is 5.32 Å². The normalized spacial score (nSPS) is 23.3. The van der Waals surface area contributed by atoms with Crippen molar-refractivity contribution in [3.8, 4) is 0 Å². The van der Waals surface area contributed by atoms with E-state index in [0.717, 1.165) is 62.1 Å². The summed E-state index contributed by atoms with van der Waals surface area (Å²) >= 11 is 1.34. The highest BCUT2D eigenvalue weighted by Crippen LogP contribution is 2.32. The van der Waals surface area contributed by atoms with Crippen LogP contribution in [0, 0.1) is 5.92 Å². The fraction of sp³-hybridized carbons (Fsp3) is 0.684. The van der Waals surface area contributed by atoms with Gasteiger partial charge in [0.2, 0.25) is 5.13 Å². The highest BCUT2D eigenvalue weighted by atomic mass is 32.1. The van der Waals surface area contributed by atoms with Crippen molar-refractivity contribution in [3.63, 3.8) is 0 Å². The number of fused-ring (bicyclic) bond motifs is 1. The Morgan fingerprint density at radius 3 is 2.68 bits per heavy atom. The fourth-order valence-corrected chi connectivity index (χ4v) is 5.22. The number of anilines is 1. The molecule has 150 valence electrons. The maximum atomic E-state index is 13.2. The summed E-state index contributed by atoms with van der Waals surface area (Å²) in [4.78, 5) is 40.3. The van der Waals surface area contributed by atoms with Crippen LogP contribution in [0.2, 0.25) is 0 Å². The second-order valence-corrected chi connectivity index (χ2v) is 8.77. The first kappa shape index (κ1) is 19.2. The Morgan fingerprint density at radius 2 is 1.96 bits per heavy atom. The van der Waals surface area contributed by atoms with Gasteiger partial charge in [-0.15, -0.1) is 10.2 Å². The van der Waals surface area contributed by atoms with Gasteiger partial charge in [-0.2, -0.15) is 14.3 Å². The van der Waals surface area contributed by atoms with Gasteiger partial charge in [0, 0.05) is 6.42 Å². The number of rotatable bonds is 5. The lowest BCUT2D eigenvalue weighted by atomic mass is 9.92. The molecule has 8 nitrogen and oxygen atoms in total. The molecule has 0 spiro atoms. The molecule has 2 aliphatic carbocycles. The van der Waals surface area contributed by atoms with Crippen molar-refractivity contribution in [2.75, 3.05) is 11.9 Å². The molecule has 2 fully saturated rings. The molecule has 0 saturated heterocycles. The number of carbonyl (C=O) groups excluding carboxylic acids is 3. The summed E-state index contributed by atoms with van der Waals surface area (Å²) in [5.41, 5.74) is 0.809. The summed E-state index contributed by atoms with van der Waals surface area (Å²) in [5, 5.41) is 12.0. The topological polar surface area (TPSA) is 95.3 Å². The van der Waals surface area contributed by atoms with Gasteiger partial charge in [-0.05, 0) is 44.9 Å². The third-order valence-electron chi connectivity index (χ3n) is 5.90. The van der Waals surface area contributed by atoms with Crippen molar-refractivity contribution < 1.29 is 19.0 Å². The van der Waals surface area contributed by atoms with Crippen LogP contribution in [0.15, 0.2) is 0 Å². The van der Waals surface area contributed by atoms with Gasteiger partial charge in [0.25, 0.3) is 5.91 Å². The van der Waals surface area contributed by atoms with E-state index in [1.807, 2.05) is 6.92 Å². The number of hydrogen-bond acceptors (Lipinski definition) is 6. The van der Waals surface area contributed by atoms with Crippen LogP contribution >= 0.6 is 11.3 Å². The molecule has 1 N–H and O–H groups in total. The molecule has 4 rings (SSSR count). The van der Waals surface area contributed by atoms with Gasteiger partial charge in [-0.1, -0.05) is 24.7 Å². The van der Waals surface area contributed by atoms with Crippen LogP contribution in [0.5, 0.6) is 0 Å². The van der Waals surface area contributed by atoms with Crippen molar-refractivity contribution in [1.29, 1.82) is 0 Å². The highest BCUT2D eigenvalue weighted by molar-refractivity contribution is 7.15. The number of hydrogen-bond donors (Lipinski definition) is 1. The lowest BCUT2D eigenvalue weighted by molar-refractivity contribution is -0.430. The molecule has 0 radical (unpaired) electrons. The predicted octanol–water partition coefficient (Wildman–Crippen LogP) is 2.59. The van der Waals surface area contributed by atoms with Gasteiger partial charge in [0.15, 0.2) is 6.54 Å². The summed E-state index contributed by atoms with van der Waals surface area (Å²) in [5.74, 6) is -0.610. The molecule has 9 heteroatoms. The second kappa shape index (κ2) is 8.06. The molecule has 28 heavy (non-hydrogen) atoms. The van der Waals surface area contributed by atoms with E-state index in [-0.39, 0.29) is 36.3 Å². The van der Waals surface area contributed by atoms with Gasteiger partial charge in [-0.25, -0.2) is 4.79 Å². The lowest BCUT2D eigenvalue weighted by Crippen LogP contribution is -2.58. The van der Waals surface area contributed by atoms with Gasteiger partial charge < -0.3 is 0 Å². The second-order valence-electron chi connectivity index (χ2n) is 7.71. The average Bonchev–Trinajstić information content (AvgIpc) is 3.35. The van der Waals surface area contributed by atoms with E-state index in [1.54, 1.807) is 4.58 Å². The van der Waals surface area contributed by atoms with E-state index in [9.17, 15) is 14.4 Å². The van der Waals surface area contributed by atoms with Crippen LogP contribution in [0.25, 0.3) is 0 Å². The molecule has 4 amide bonds. The summed E-state index contributed by atoms with van der Waals surface area (Å²) in [6.07, 6.45) is 8.07. The molecule has 1 aliphatic heterocycles. The zero-order valence-corrected chi connectivity index (χ0v) is 17.0. The van der Waals surface area contributed by atoms with E-state index >= 15 is 0 Å². The minimum Gasteiger partial charge on any atom is -0.297 e. The van der Waals surface area contributed by atoms with Crippen molar-refractivity contribution in [2.24, 2.45) is 5.92 Å². The van der Waals surface area contributed by atoms with Crippen LogP contribution in [0.3, 0.4) is 0 Å². The number of carbonyl (C=O) groups is 3. The van der Waals surface area contributed by atoms with Crippen LogP contribution in [-0.2, 0) is 16.0 Å². The number of nitrogens with one attached hydrogen (secondary N) is 1. The molecule has 2 saturated carbocycles. The number of aromatic nitrogens is 2. The molecule has 1 unspecified atom stereocenters. The Hall–Kier alpha value is -2.16. The molecule has 1 atom stereocenters. The van der Waals surface area contributed by atoms with Crippen LogP contribution in [0.1, 0.15) is 63.3 Å². The van der Waals surface area contributed by atoms with E-state index in [0.29, 0.717) is 11.6 Å². The predicted molar refractivity (Wildman–Crippen MR) is 105 cm³/mol. The SMILES string of the molecule is CCc1nnc(NC(=O)C[N+]2=C3CCCC3C(=O)N(C3CCCCC3)C2=O)s1. The van der Waals surface area contributed by atoms with E-state index in [2.05, 4.69) is 15.5 Å². The standard InChI is InChI=1S/C19H25N5O3S/c1-2-16-21-22-18(28-16)20-15(25)11-23-14-10-6-9-13(14)17(26)24(19(23)27)12-7-4-3-5-8-12/h12-13H,2-11H2,1H3/p+1. The minimum absolute atomic E-state index is 0.0308. The van der Waals surface area contributed by atoms with Crippen LogP contribution in [-0.4, -0.2) is 55.8 Å². The Morgan fingerprint density at radius 1 is 1.18 bits per heavy atom. The maximum absolute atomic E-state index is 13.2. The summed E-state index contributed by atoms with van der Waals surface area (Å²) in [6, 6.07) is -0.358. The molecule has 2 heterocycles. The summed E-state index contributed by atoms with van der Waals surface area (Å²) < 4.78 is 1.55. The zero-order valence-electron chi connectivity index (χ0n) is 16.1. The molecular weight excluding hydrogens is 378 g/mol. The minimum atomic E-state index is -0.327. The average molecular weight is 405 g/mol. The van der Waals surface area contributed by atoms with Crippen LogP contribution in [0.4, 0.5) is 9.93 Å². The first-order valence-corrected chi connectivity index (χ1v) is 11.0. The summed E-state index contributed by atoms with van der Waals surface area (Å²) in [7, 11) is 0. The van der Waals surface area contributed by atoms with Gasteiger partial charge in [0.1, 0.15) is 17.0 Å². The summed E-state index contributed by atoms with van der Waals surface area (Å²) in [6.45, 7) is 1.90. The molecule has 3 aliphatic rings. The Bertz CT molecular complexity index is 827. The Kier molecular flexibility index (Phi) is 5.52. The monoisotopic (exact) mass is 404 g/mol. The number of imide groups is 1. The van der Waals surface area contributed by atoms with Gasteiger partial charge in [0.05, 0.1) is 5.71 Å². The van der Waals surface area contributed by atoms with Crippen molar-refractivity contribution >= 4 is 40.0 Å². The first-order chi connectivity index (χ1) is 13.6. The number of amides is 4. The highest BCUT2D eigenvalue weighted by Gasteiger charge is 2.52. The maximum Gasteiger partial charge on any atom is 0.501 e. The number of aryl methyl sites for hydroxylation is 1. The number of nitrogens with zero attached hydrogens (tertiary/aromatic N) is 4. The van der Waals surface area contributed by atoms with Crippen molar-refractivity contribution in [2.45, 2.75) is 70.8 Å². The van der Waals surface area contributed by atoms with E-state index in [4.69, 9.17) is 0 Å². The van der Waals surface area contributed by atoms with Crippen molar-refractivity contribution in [3.05, 3.63) is 5.01 Å². The van der Waals surface area contributed by atoms with E-state index in [1.165, 1.54) is 16.2 Å². The third kappa shape index (κ3) is 3.59. The zero-order chi connectivity index (χ0) is 19.7. The van der Waals surface area contributed by atoms with Gasteiger partial charge >= 0.3 is 11.9 Å². The molecule has 1 aromatic rings. The largest absolute Gasteiger partial charge is 0.501 e. The van der Waals surface area contributed by atoms with Gasteiger partial charge in [-0.3, -0.25) is 10.1 Å². The van der Waals surface area contributed by atoms with E-state index < -0.39 is 0 Å².